The van der Waals surface area contributed by atoms with Crippen molar-refractivity contribution in [3.8, 4) is 0 Å². The zero-order valence-corrected chi connectivity index (χ0v) is 13.2. The Morgan fingerprint density at radius 3 is 2.52 bits per heavy atom. The van der Waals surface area contributed by atoms with Crippen molar-refractivity contribution < 1.29 is 4.79 Å². The summed E-state index contributed by atoms with van der Waals surface area (Å²) in [6.45, 7) is 7.09. The average molecular weight is 283 g/mol. The molecule has 0 aliphatic carbocycles. The molecular weight excluding hydrogens is 258 g/mol. The Kier molecular flexibility index (Phi) is 5.38. The number of hydrogen-bond acceptors (Lipinski definition) is 1. The van der Waals surface area contributed by atoms with Gasteiger partial charge in [-0.25, -0.2) is 0 Å². The van der Waals surface area contributed by atoms with Crippen LogP contribution in [0.1, 0.15) is 32.8 Å². The third-order valence-corrected chi connectivity index (χ3v) is 4.01. The number of carbonyl (C=O) groups is 1. The summed E-state index contributed by atoms with van der Waals surface area (Å²) in [5, 5.41) is 5.54. The van der Waals surface area contributed by atoms with Gasteiger partial charge < -0.3 is 5.32 Å². The van der Waals surface area contributed by atoms with Crippen molar-refractivity contribution in [1.29, 1.82) is 0 Å². The number of fused-ring (bicyclic) bond motifs is 1. The zero-order chi connectivity index (χ0) is 15.2. The molecule has 2 nitrogen and oxygen atoms in total. The van der Waals surface area contributed by atoms with E-state index >= 15 is 0 Å². The molecule has 0 radical (unpaired) electrons. The lowest BCUT2D eigenvalue weighted by Gasteiger charge is -2.21. The van der Waals surface area contributed by atoms with Crippen LogP contribution in [-0.2, 0) is 11.2 Å². The highest BCUT2D eigenvalue weighted by atomic mass is 16.1. The molecule has 2 aromatic rings. The van der Waals surface area contributed by atoms with Crippen molar-refractivity contribution in [1.82, 2.24) is 5.32 Å². The molecule has 1 amide bonds. The fourth-order valence-electron chi connectivity index (χ4n) is 2.72. The number of carbonyl (C=O) groups excluding carboxylic acids is 1. The van der Waals surface area contributed by atoms with Gasteiger partial charge in [-0.15, -0.1) is 0 Å². The Hall–Kier alpha value is -1.83. The van der Waals surface area contributed by atoms with E-state index in [0.29, 0.717) is 5.92 Å². The van der Waals surface area contributed by atoms with Gasteiger partial charge in [0.05, 0.1) is 0 Å². The lowest BCUT2D eigenvalue weighted by atomic mass is 9.86. The van der Waals surface area contributed by atoms with Crippen LogP contribution in [0.3, 0.4) is 0 Å². The van der Waals surface area contributed by atoms with Gasteiger partial charge in [0.1, 0.15) is 0 Å². The van der Waals surface area contributed by atoms with Crippen LogP contribution in [-0.4, -0.2) is 12.5 Å². The molecule has 1 atom stereocenters. The van der Waals surface area contributed by atoms with Crippen molar-refractivity contribution in [2.24, 2.45) is 11.8 Å². The van der Waals surface area contributed by atoms with Crippen LogP contribution in [0, 0.1) is 11.8 Å². The van der Waals surface area contributed by atoms with Crippen LogP contribution < -0.4 is 5.32 Å². The van der Waals surface area contributed by atoms with Crippen LogP contribution in [0.2, 0.25) is 0 Å². The highest BCUT2D eigenvalue weighted by Gasteiger charge is 2.22. The Morgan fingerprint density at radius 1 is 1.10 bits per heavy atom. The predicted molar refractivity (Wildman–Crippen MR) is 89.3 cm³/mol. The van der Waals surface area contributed by atoms with Gasteiger partial charge in [-0.2, -0.15) is 0 Å². The minimum atomic E-state index is 0.0300. The molecule has 112 valence electrons. The number of amides is 1. The first-order valence-corrected chi connectivity index (χ1v) is 7.87. The monoisotopic (exact) mass is 283 g/mol. The molecule has 0 aliphatic rings. The molecule has 2 heteroatoms. The summed E-state index contributed by atoms with van der Waals surface area (Å²) in [6.07, 6.45) is 1.78. The molecule has 0 saturated heterocycles. The van der Waals surface area contributed by atoms with Gasteiger partial charge >= 0.3 is 0 Å². The predicted octanol–water partition coefficient (Wildman–Crippen LogP) is 4.18. The molecule has 1 N–H and O–H groups in total. The number of hydrogen-bond donors (Lipinski definition) is 1. The maximum Gasteiger partial charge on any atom is 0.223 e. The van der Waals surface area contributed by atoms with Crippen molar-refractivity contribution in [2.75, 3.05) is 6.54 Å². The number of nitrogens with one attached hydrogen (secondary N) is 1. The van der Waals surface area contributed by atoms with E-state index in [1.54, 1.807) is 0 Å². The summed E-state index contributed by atoms with van der Waals surface area (Å²) >= 11 is 0. The molecular formula is C19H25NO. The third kappa shape index (κ3) is 3.84. The van der Waals surface area contributed by atoms with E-state index in [1.165, 1.54) is 16.3 Å². The van der Waals surface area contributed by atoms with Crippen molar-refractivity contribution in [2.45, 2.75) is 33.6 Å². The normalized spacial score (nSPS) is 12.6. The van der Waals surface area contributed by atoms with E-state index in [4.69, 9.17) is 0 Å². The lowest BCUT2D eigenvalue weighted by Crippen LogP contribution is -2.35. The van der Waals surface area contributed by atoms with Crippen LogP contribution in [0.15, 0.2) is 42.5 Å². The quantitative estimate of drug-likeness (QED) is 0.846. The van der Waals surface area contributed by atoms with Crippen LogP contribution in [0.5, 0.6) is 0 Å². The molecule has 0 aromatic heterocycles. The molecule has 0 spiro atoms. The maximum atomic E-state index is 12.4. The van der Waals surface area contributed by atoms with Gasteiger partial charge in [-0.3, -0.25) is 4.79 Å². The highest BCUT2D eigenvalue weighted by Crippen LogP contribution is 2.24. The molecule has 0 aliphatic heterocycles. The number of benzene rings is 2. The molecule has 0 fully saturated rings. The third-order valence-electron chi connectivity index (χ3n) is 4.01. The lowest BCUT2D eigenvalue weighted by molar-refractivity contribution is -0.126. The van der Waals surface area contributed by atoms with Gasteiger partial charge in [0, 0.05) is 12.5 Å². The second-order valence-electron chi connectivity index (χ2n) is 5.98. The highest BCUT2D eigenvalue weighted by molar-refractivity contribution is 5.86. The fourth-order valence-corrected chi connectivity index (χ4v) is 2.72. The first kappa shape index (κ1) is 15.6. The minimum Gasteiger partial charge on any atom is -0.356 e. The Labute approximate surface area is 127 Å². The Bertz CT molecular complexity index is 598. The standard InChI is InChI=1S/C19H25NO/c1-4-12-20-19(21)18(14(2)3)13-16-10-7-9-15-8-5-6-11-17(15)16/h5-11,14,18H,4,12-13H2,1-3H3,(H,20,21)/t18-/m0/s1. The van der Waals surface area contributed by atoms with E-state index < -0.39 is 0 Å². The van der Waals surface area contributed by atoms with Crippen molar-refractivity contribution in [3.63, 3.8) is 0 Å². The minimum absolute atomic E-state index is 0.0300. The largest absolute Gasteiger partial charge is 0.356 e. The van der Waals surface area contributed by atoms with Crippen LogP contribution in [0.25, 0.3) is 10.8 Å². The molecule has 0 bridgehead atoms. The van der Waals surface area contributed by atoms with Crippen LogP contribution >= 0.6 is 0 Å². The maximum absolute atomic E-state index is 12.4. The summed E-state index contributed by atoms with van der Waals surface area (Å²) in [4.78, 5) is 12.4. The smallest absolute Gasteiger partial charge is 0.223 e. The van der Waals surface area contributed by atoms with Crippen molar-refractivity contribution in [3.05, 3.63) is 48.0 Å². The van der Waals surface area contributed by atoms with Crippen molar-refractivity contribution >= 4 is 16.7 Å². The molecule has 2 rings (SSSR count). The SMILES string of the molecule is CCCNC(=O)[C@@H](Cc1cccc2ccccc12)C(C)C. The summed E-state index contributed by atoms with van der Waals surface area (Å²) in [6, 6.07) is 14.7. The zero-order valence-electron chi connectivity index (χ0n) is 13.2. The Morgan fingerprint density at radius 2 is 1.81 bits per heavy atom. The second-order valence-corrected chi connectivity index (χ2v) is 5.98. The first-order valence-electron chi connectivity index (χ1n) is 7.87. The first-order chi connectivity index (χ1) is 10.1. The summed E-state index contributed by atoms with van der Waals surface area (Å²) in [5.74, 6) is 0.544. The number of rotatable bonds is 6. The van der Waals surface area contributed by atoms with Gasteiger partial charge in [-0.1, -0.05) is 63.2 Å². The molecule has 0 heterocycles. The summed E-state index contributed by atoms with van der Waals surface area (Å²) < 4.78 is 0. The average Bonchev–Trinajstić information content (AvgIpc) is 2.50. The van der Waals surface area contributed by atoms with Gasteiger partial charge in [0.15, 0.2) is 0 Å². The second kappa shape index (κ2) is 7.26. The Balaban J connectivity index is 2.25. The van der Waals surface area contributed by atoms with E-state index in [-0.39, 0.29) is 11.8 Å². The van der Waals surface area contributed by atoms with E-state index in [9.17, 15) is 4.79 Å². The van der Waals surface area contributed by atoms with Gasteiger partial charge in [0.25, 0.3) is 0 Å². The molecule has 0 saturated carbocycles. The van der Waals surface area contributed by atoms with Gasteiger partial charge in [-0.05, 0) is 35.1 Å². The summed E-state index contributed by atoms with van der Waals surface area (Å²) in [7, 11) is 0. The molecule has 21 heavy (non-hydrogen) atoms. The van der Waals surface area contributed by atoms with E-state index in [1.807, 2.05) is 0 Å². The van der Waals surface area contributed by atoms with E-state index in [0.717, 1.165) is 19.4 Å². The van der Waals surface area contributed by atoms with E-state index in [2.05, 4.69) is 68.6 Å². The topological polar surface area (TPSA) is 29.1 Å². The molecule has 0 unspecified atom stereocenters. The molecule has 2 aromatic carbocycles. The fraction of sp³-hybridized carbons (Fsp3) is 0.421. The summed E-state index contributed by atoms with van der Waals surface area (Å²) in [5.41, 5.74) is 1.26. The van der Waals surface area contributed by atoms with Crippen LogP contribution in [0.4, 0.5) is 0 Å². The van der Waals surface area contributed by atoms with Gasteiger partial charge in [0.2, 0.25) is 5.91 Å².